The van der Waals surface area contributed by atoms with Crippen LogP contribution in [0, 0.1) is 0 Å². The highest BCUT2D eigenvalue weighted by Crippen LogP contribution is 2.35. The van der Waals surface area contributed by atoms with Gasteiger partial charge in [0.1, 0.15) is 0 Å². The fourth-order valence-corrected chi connectivity index (χ4v) is 4.05. The van der Waals surface area contributed by atoms with Gasteiger partial charge in [0.25, 0.3) is 0 Å². The molecule has 0 amide bonds. The summed E-state index contributed by atoms with van der Waals surface area (Å²) < 4.78 is 0. The van der Waals surface area contributed by atoms with Crippen molar-refractivity contribution in [2.75, 3.05) is 4.90 Å². The minimum Gasteiger partial charge on any atom is -0.311 e. The molecule has 5 rings (SSSR count). The van der Waals surface area contributed by atoms with E-state index in [-0.39, 0.29) is 0 Å². The fraction of sp³-hybridized carbons (Fsp3) is 0.103. The second-order valence-electron chi connectivity index (χ2n) is 7.81. The summed E-state index contributed by atoms with van der Waals surface area (Å²) in [6.07, 6.45) is 1.95. The highest BCUT2D eigenvalue weighted by molar-refractivity contribution is 5.80. The monoisotopic (exact) mass is 415 g/mol. The molecule has 0 aliphatic carbocycles. The molecule has 156 valence electrons. The second-order valence-corrected chi connectivity index (χ2v) is 7.81. The molecule has 3 nitrogen and oxygen atoms in total. The summed E-state index contributed by atoms with van der Waals surface area (Å²) in [5.74, 6) is 0. The Balaban J connectivity index is 1.58. The summed E-state index contributed by atoms with van der Waals surface area (Å²) >= 11 is 0. The van der Waals surface area contributed by atoms with Gasteiger partial charge in [-0.25, -0.2) is 9.97 Å². The van der Waals surface area contributed by atoms with Gasteiger partial charge in [0.2, 0.25) is 0 Å². The number of rotatable bonds is 6. The lowest BCUT2D eigenvalue weighted by molar-refractivity contribution is 0.884. The largest absolute Gasteiger partial charge is 0.311 e. The maximum Gasteiger partial charge on any atom is 0.0925 e. The Hall–Kier alpha value is -3.98. The predicted octanol–water partition coefficient (Wildman–Crippen LogP) is 7.72. The number of benzene rings is 4. The van der Waals surface area contributed by atoms with Crippen molar-refractivity contribution in [3.05, 3.63) is 115 Å². The van der Waals surface area contributed by atoms with Gasteiger partial charge >= 0.3 is 0 Å². The van der Waals surface area contributed by atoms with E-state index in [2.05, 4.69) is 84.6 Å². The first-order valence-electron chi connectivity index (χ1n) is 11.1. The van der Waals surface area contributed by atoms with E-state index < -0.39 is 0 Å². The van der Waals surface area contributed by atoms with Gasteiger partial charge in [0.05, 0.1) is 22.4 Å². The Morgan fingerprint density at radius 1 is 0.562 bits per heavy atom. The number of anilines is 3. The summed E-state index contributed by atoms with van der Waals surface area (Å²) in [5.41, 5.74) is 8.38. The molecule has 0 saturated carbocycles. The van der Waals surface area contributed by atoms with Crippen molar-refractivity contribution < 1.29 is 0 Å². The highest BCUT2D eigenvalue weighted by atomic mass is 15.1. The van der Waals surface area contributed by atoms with E-state index in [9.17, 15) is 0 Å². The van der Waals surface area contributed by atoms with Crippen LogP contribution in [0.5, 0.6) is 0 Å². The molecule has 0 atom stereocenters. The molecule has 3 heteroatoms. The molecule has 0 saturated heterocycles. The number of aromatic nitrogens is 2. The van der Waals surface area contributed by atoms with Crippen LogP contribution in [0.2, 0.25) is 0 Å². The second kappa shape index (κ2) is 9.03. The summed E-state index contributed by atoms with van der Waals surface area (Å²) in [7, 11) is 0. The molecule has 0 spiro atoms. The number of nitrogens with zero attached hydrogens (tertiary/aromatic N) is 3. The zero-order valence-corrected chi connectivity index (χ0v) is 18.1. The van der Waals surface area contributed by atoms with Crippen LogP contribution in [0.15, 0.2) is 109 Å². The summed E-state index contributed by atoms with van der Waals surface area (Å²) in [5, 5.41) is 0. The minimum absolute atomic E-state index is 0.912. The molecule has 0 bridgehead atoms. The molecule has 0 radical (unpaired) electrons. The molecule has 0 unspecified atom stereocenters. The van der Waals surface area contributed by atoms with Gasteiger partial charge < -0.3 is 4.90 Å². The number of para-hydroxylation sites is 4. The molecule has 1 aromatic heterocycles. The number of aryl methyl sites for hydroxylation is 1. The lowest BCUT2D eigenvalue weighted by Gasteiger charge is -2.25. The molecule has 4 aromatic carbocycles. The van der Waals surface area contributed by atoms with Crippen LogP contribution in [-0.2, 0) is 6.42 Å². The van der Waals surface area contributed by atoms with E-state index in [0.29, 0.717) is 0 Å². The van der Waals surface area contributed by atoms with Crippen LogP contribution < -0.4 is 4.90 Å². The van der Waals surface area contributed by atoms with E-state index in [1.54, 1.807) is 0 Å². The maximum atomic E-state index is 4.98. The molecule has 5 aromatic rings. The van der Waals surface area contributed by atoms with E-state index in [0.717, 1.165) is 57.9 Å². The van der Waals surface area contributed by atoms with Crippen molar-refractivity contribution >= 4 is 28.1 Å². The molecule has 0 aliphatic rings. The molecule has 0 aliphatic heterocycles. The van der Waals surface area contributed by atoms with Gasteiger partial charge in [-0.15, -0.1) is 0 Å². The standard InChI is InChI=1S/C29H25N3/c1-2-11-28-29(31-27-17-10-9-16-26(27)30-28)22-18-20-25(21-19-22)32(23-12-5-3-6-13-23)24-14-7-4-8-15-24/h3-10,12-21H,2,11H2,1H3. The molecule has 0 fully saturated rings. The van der Waals surface area contributed by atoms with Gasteiger partial charge in [-0.2, -0.15) is 0 Å². The third kappa shape index (κ3) is 3.97. The van der Waals surface area contributed by atoms with Crippen LogP contribution in [0.25, 0.3) is 22.3 Å². The van der Waals surface area contributed by atoms with Crippen LogP contribution in [-0.4, -0.2) is 9.97 Å². The van der Waals surface area contributed by atoms with Crippen LogP contribution in [0.3, 0.4) is 0 Å². The summed E-state index contributed by atoms with van der Waals surface area (Å²) in [6, 6.07) is 37.7. The molecule has 32 heavy (non-hydrogen) atoms. The molecule has 0 N–H and O–H groups in total. The highest BCUT2D eigenvalue weighted by Gasteiger charge is 2.14. The van der Waals surface area contributed by atoms with Crippen molar-refractivity contribution in [1.82, 2.24) is 9.97 Å². The zero-order valence-electron chi connectivity index (χ0n) is 18.1. The topological polar surface area (TPSA) is 29.0 Å². The van der Waals surface area contributed by atoms with Crippen molar-refractivity contribution in [1.29, 1.82) is 0 Å². The summed E-state index contributed by atoms with van der Waals surface area (Å²) in [4.78, 5) is 12.2. The number of fused-ring (bicyclic) bond motifs is 1. The Bertz CT molecular complexity index is 1270. The van der Waals surface area contributed by atoms with Gasteiger partial charge in [0, 0.05) is 22.6 Å². The van der Waals surface area contributed by atoms with Gasteiger partial charge in [-0.05, 0) is 55.0 Å². The first kappa shape index (κ1) is 20.0. The van der Waals surface area contributed by atoms with Crippen LogP contribution in [0.1, 0.15) is 19.0 Å². The third-order valence-corrected chi connectivity index (χ3v) is 5.56. The van der Waals surface area contributed by atoms with Gasteiger partial charge in [-0.1, -0.05) is 74.0 Å². The zero-order chi connectivity index (χ0) is 21.8. The van der Waals surface area contributed by atoms with E-state index in [1.165, 1.54) is 0 Å². The smallest absolute Gasteiger partial charge is 0.0925 e. The SMILES string of the molecule is CCCc1nc2ccccc2nc1-c1ccc(N(c2ccccc2)c2ccccc2)cc1. The van der Waals surface area contributed by atoms with Crippen molar-refractivity contribution in [2.45, 2.75) is 19.8 Å². The first-order valence-corrected chi connectivity index (χ1v) is 11.1. The Morgan fingerprint density at radius 3 is 1.62 bits per heavy atom. The van der Waals surface area contributed by atoms with E-state index >= 15 is 0 Å². The fourth-order valence-electron chi connectivity index (χ4n) is 4.05. The quantitative estimate of drug-likeness (QED) is 0.284. The predicted molar refractivity (Wildman–Crippen MR) is 134 cm³/mol. The normalized spacial score (nSPS) is 10.9. The van der Waals surface area contributed by atoms with Gasteiger partial charge in [0.15, 0.2) is 0 Å². The lowest BCUT2D eigenvalue weighted by Crippen LogP contribution is -2.09. The molecule has 1 heterocycles. The van der Waals surface area contributed by atoms with Crippen LogP contribution in [0.4, 0.5) is 17.1 Å². The van der Waals surface area contributed by atoms with Crippen LogP contribution >= 0.6 is 0 Å². The van der Waals surface area contributed by atoms with E-state index in [4.69, 9.17) is 9.97 Å². The summed E-state index contributed by atoms with van der Waals surface area (Å²) in [6.45, 7) is 2.18. The average Bonchev–Trinajstić information content (AvgIpc) is 2.86. The Labute approximate surface area is 189 Å². The van der Waals surface area contributed by atoms with Gasteiger partial charge in [-0.3, -0.25) is 0 Å². The van der Waals surface area contributed by atoms with Crippen molar-refractivity contribution in [2.24, 2.45) is 0 Å². The number of hydrogen-bond donors (Lipinski definition) is 0. The van der Waals surface area contributed by atoms with E-state index in [1.807, 2.05) is 36.4 Å². The maximum absolute atomic E-state index is 4.98. The molecular weight excluding hydrogens is 390 g/mol. The lowest BCUT2D eigenvalue weighted by atomic mass is 10.0. The number of hydrogen-bond acceptors (Lipinski definition) is 3. The van der Waals surface area contributed by atoms with Crippen molar-refractivity contribution in [3.63, 3.8) is 0 Å². The first-order chi connectivity index (χ1) is 15.8. The molecular formula is C29H25N3. The Morgan fingerprint density at radius 2 is 1.06 bits per heavy atom. The Kier molecular flexibility index (Phi) is 5.63. The average molecular weight is 416 g/mol. The third-order valence-electron chi connectivity index (χ3n) is 5.56. The minimum atomic E-state index is 0.912. The van der Waals surface area contributed by atoms with Crippen molar-refractivity contribution in [3.8, 4) is 11.3 Å².